The third-order valence-electron chi connectivity index (χ3n) is 5.04. The van der Waals surface area contributed by atoms with Gasteiger partial charge in [0.2, 0.25) is 15.9 Å². The maximum atomic E-state index is 12.6. The van der Waals surface area contributed by atoms with E-state index in [1.54, 1.807) is 6.07 Å². The Morgan fingerprint density at radius 2 is 1.97 bits per heavy atom. The topological polar surface area (TPSA) is 107 Å². The molecule has 3 rings (SSSR count). The van der Waals surface area contributed by atoms with Crippen molar-refractivity contribution >= 4 is 44.4 Å². The summed E-state index contributed by atoms with van der Waals surface area (Å²) >= 11 is 1.32. The Morgan fingerprint density at radius 3 is 2.63 bits per heavy atom. The van der Waals surface area contributed by atoms with E-state index in [-0.39, 0.29) is 16.6 Å². The fourth-order valence-corrected chi connectivity index (χ4v) is 4.67. The van der Waals surface area contributed by atoms with Gasteiger partial charge in [0.05, 0.1) is 21.7 Å². The molecule has 3 aromatic rings. The molecule has 0 saturated heterocycles. The molecule has 1 heterocycles. The Kier molecular flexibility index (Phi) is 6.84. The maximum absolute atomic E-state index is 12.6. The van der Waals surface area contributed by atoms with Gasteiger partial charge in [0.15, 0.2) is 5.16 Å². The summed E-state index contributed by atoms with van der Waals surface area (Å²) in [4.78, 5) is 17.1. The monoisotopic (exact) mass is 446 g/mol. The maximum Gasteiger partial charge on any atom is 0.238 e. The molecule has 0 aliphatic rings. The van der Waals surface area contributed by atoms with Crippen LogP contribution in [0.3, 0.4) is 0 Å². The Morgan fingerprint density at radius 1 is 1.23 bits per heavy atom. The number of hydrogen-bond acceptors (Lipinski definition) is 5. The van der Waals surface area contributed by atoms with Crippen LogP contribution in [-0.4, -0.2) is 29.6 Å². The second-order valence-electron chi connectivity index (χ2n) is 7.07. The van der Waals surface area contributed by atoms with E-state index in [2.05, 4.69) is 24.1 Å². The molecule has 0 radical (unpaired) electrons. The number of benzene rings is 2. The number of thioether (sulfide) groups is 1. The summed E-state index contributed by atoms with van der Waals surface area (Å²) in [6.07, 6.45) is 0.989. The molecule has 1 unspecified atom stereocenters. The summed E-state index contributed by atoms with van der Waals surface area (Å²) in [5.74, 6) is 0.433. The highest BCUT2D eigenvalue weighted by Crippen LogP contribution is 2.28. The molecule has 1 aromatic heterocycles. The number of nitrogens with zero attached hydrogens (tertiary/aromatic N) is 2. The number of sulfonamides is 1. The molecule has 1 atom stereocenters. The molecule has 2 aromatic carbocycles. The molecule has 0 spiro atoms. The average Bonchev–Trinajstić information content (AvgIpc) is 3.08. The summed E-state index contributed by atoms with van der Waals surface area (Å²) in [5, 5.41) is 8.88. The molecule has 30 heavy (non-hydrogen) atoms. The number of rotatable bonds is 8. The normalized spacial score (nSPS) is 12.8. The molecular formula is C21H26N4O3S2. The Hall–Kier alpha value is -2.36. The predicted octanol–water partition coefficient (Wildman–Crippen LogP) is 3.95. The number of hydrogen-bond donors (Lipinski definition) is 2. The van der Waals surface area contributed by atoms with Gasteiger partial charge >= 0.3 is 0 Å². The standard InChI is InChI=1S/C21H26N4O3S2/c1-4-14(3)16-8-6-7-9-17(16)23-20(26)13-29-21-24-18-12-15(30(22,27)28)10-11-19(18)25(21)5-2/h6-12,14H,4-5,13H2,1-3H3,(H,23,26)(H2,22,27,28). The number of para-hydroxylation sites is 1. The van der Waals surface area contributed by atoms with E-state index in [1.165, 1.54) is 23.9 Å². The second-order valence-corrected chi connectivity index (χ2v) is 9.57. The Labute approximate surface area is 181 Å². The van der Waals surface area contributed by atoms with Gasteiger partial charge in [-0.3, -0.25) is 4.79 Å². The van der Waals surface area contributed by atoms with Gasteiger partial charge in [-0.05, 0) is 49.1 Å². The summed E-state index contributed by atoms with van der Waals surface area (Å²) < 4.78 is 25.2. The molecule has 9 heteroatoms. The number of imidazole rings is 1. The van der Waals surface area contributed by atoms with Gasteiger partial charge in [-0.25, -0.2) is 18.5 Å². The highest BCUT2D eigenvalue weighted by molar-refractivity contribution is 7.99. The quantitative estimate of drug-likeness (QED) is 0.510. The van der Waals surface area contributed by atoms with Crippen LogP contribution in [0.25, 0.3) is 11.0 Å². The van der Waals surface area contributed by atoms with Crippen molar-refractivity contribution in [3.63, 3.8) is 0 Å². The van der Waals surface area contributed by atoms with Crippen LogP contribution in [0.2, 0.25) is 0 Å². The molecule has 1 amide bonds. The van der Waals surface area contributed by atoms with Gasteiger partial charge in [0, 0.05) is 12.2 Å². The summed E-state index contributed by atoms with van der Waals surface area (Å²) in [7, 11) is -3.80. The number of aryl methyl sites for hydroxylation is 1. The zero-order chi connectivity index (χ0) is 21.9. The van der Waals surface area contributed by atoms with E-state index in [9.17, 15) is 13.2 Å². The number of nitrogens with one attached hydrogen (secondary N) is 1. The lowest BCUT2D eigenvalue weighted by Gasteiger charge is -2.15. The zero-order valence-electron chi connectivity index (χ0n) is 17.3. The van der Waals surface area contributed by atoms with E-state index in [1.807, 2.05) is 35.8 Å². The van der Waals surface area contributed by atoms with Crippen LogP contribution in [-0.2, 0) is 21.4 Å². The summed E-state index contributed by atoms with van der Waals surface area (Å²) in [6, 6.07) is 12.5. The summed E-state index contributed by atoms with van der Waals surface area (Å²) in [6.45, 7) is 6.88. The van der Waals surface area contributed by atoms with E-state index < -0.39 is 10.0 Å². The minimum atomic E-state index is -3.80. The Bertz CT molecular complexity index is 1170. The van der Waals surface area contributed by atoms with Gasteiger partial charge in [0.1, 0.15) is 0 Å². The van der Waals surface area contributed by atoms with Crippen molar-refractivity contribution in [3.05, 3.63) is 48.0 Å². The minimum absolute atomic E-state index is 0.0201. The third-order valence-corrected chi connectivity index (χ3v) is 6.93. The van der Waals surface area contributed by atoms with Crippen LogP contribution in [0.15, 0.2) is 52.5 Å². The van der Waals surface area contributed by atoms with Crippen molar-refractivity contribution in [3.8, 4) is 0 Å². The fourth-order valence-electron chi connectivity index (χ4n) is 3.26. The third kappa shape index (κ3) is 4.85. The van der Waals surface area contributed by atoms with Crippen molar-refractivity contribution < 1.29 is 13.2 Å². The number of primary sulfonamides is 1. The fraction of sp³-hybridized carbons (Fsp3) is 0.333. The number of aromatic nitrogens is 2. The number of nitrogens with two attached hydrogens (primary N) is 1. The highest BCUT2D eigenvalue weighted by atomic mass is 32.2. The van der Waals surface area contributed by atoms with Gasteiger partial charge < -0.3 is 9.88 Å². The highest BCUT2D eigenvalue weighted by Gasteiger charge is 2.16. The van der Waals surface area contributed by atoms with Crippen molar-refractivity contribution in [1.29, 1.82) is 0 Å². The number of carbonyl (C=O) groups excluding carboxylic acids is 1. The molecule has 0 saturated carbocycles. The molecule has 3 N–H and O–H groups in total. The lowest BCUT2D eigenvalue weighted by molar-refractivity contribution is -0.113. The minimum Gasteiger partial charge on any atom is -0.325 e. The Balaban J connectivity index is 1.78. The molecule has 160 valence electrons. The van der Waals surface area contributed by atoms with Gasteiger partial charge in [0.25, 0.3) is 0 Å². The van der Waals surface area contributed by atoms with Crippen LogP contribution in [0.4, 0.5) is 5.69 Å². The van der Waals surface area contributed by atoms with E-state index >= 15 is 0 Å². The van der Waals surface area contributed by atoms with Crippen LogP contribution < -0.4 is 10.5 Å². The first-order valence-electron chi connectivity index (χ1n) is 9.79. The van der Waals surface area contributed by atoms with Crippen molar-refractivity contribution in [2.75, 3.05) is 11.1 Å². The molecular weight excluding hydrogens is 420 g/mol. The molecule has 0 bridgehead atoms. The van der Waals surface area contributed by atoms with Crippen LogP contribution >= 0.6 is 11.8 Å². The van der Waals surface area contributed by atoms with Crippen LogP contribution in [0.1, 0.15) is 38.7 Å². The van der Waals surface area contributed by atoms with Gasteiger partial charge in [-0.2, -0.15) is 0 Å². The van der Waals surface area contributed by atoms with E-state index in [4.69, 9.17) is 5.14 Å². The largest absolute Gasteiger partial charge is 0.325 e. The zero-order valence-corrected chi connectivity index (χ0v) is 18.9. The first-order chi connectivity index (χ1) is 14.2. The van der Waals surface area contributed by atoms with Gasteiger partial charge in [-0.15, -0.1) is 0 Å². The lowest BCUT2D eigenvalue weighted by atomic mass is 9.97. The van der Waals surface area contributed by atoms with Crippen molar-refractivity contribution in [2.24, 2.45) is 5.14 Å². The SMILES string of the molecule is CCC(C)c1ccccc1NC(=O)CSc1nc2cc(S(N)(=O)=O)ccc2n1CC. The smallest absolute Gasteiger partial charge is 0.238 e. The van der Waals surface area contributed by atoms with Gasteiger partial charge in [-0.1, -0.05) is 43.8 Å². The molecule has 0 aliphatic carbocycles. The van der Waals surface area contributed by atoms with E-state index in [0.717, 1.165) is 23.2 Å². The number of anilines is 1. The van der Waals surface area contributed by atoms with Crippen molar-refractivity contribution in [2.45, 2.75) is 49.7 Å². The number of carbonyl (C=O) groups is 1. The first-order valence-corrected chi connectivity index (χ1v) is 12.3. The lowest BCUT2D eigenvalue weighted by Crippen LogP contribution is -2.16. The van der Waals surface area contributed by atoms with Crippen LogP contribution in [0, 0.1) is 0 Å². The van der Waals surface area contributed by atoms with Crippen LogP contribution in [0.5, 0.6) is 0 Å². The number of fused-ring (bicyclic) bond motifs is 1. The molecule has 7 nitrogen and oxygen atoms in total. The number of amides is 1. The first kappa shape index (κ1) is 22.3. The molecule has 0 aliphatic heterocycles. The van der Waals surface area contributed by atoms with Crippen molar-refractivity contribution in [1.82, 2.24) is 9.55 Å². The predicted molar refractivity (Wildman–Crippen MR) is 121 cm³/mol. The summed E-state index contributed by atoms with van der Waals surface area (Å²) in [5.41, 5.74) is 3.29. The average molecular weight is 447 g/mol. The second kappa shape index (κ2) is 9.20. The molecule has 0 fully saturated rings. The van der Waals surface area contributed by atoms with E-state index in [0.29, 0.717) is 23.1 Å².